The van der Waals surface area contributed by atoms with Gasteiger partial charge in [-0.3, -0.25) is 0 Å². The van der Waals surface area contributed by atoms with Crippen molar-refractivity contribution in [3.8, 4) is 0 Å². The lowest BCUT2D eigenvalue weighted by Gasteiger charge is -2.38. The van der Waals surface area contributed by atoms with E-state index in [0.717, 1.165) is 25.9 Å². The summed E-state index contributed by atoms with van der Waals surface area (Å²) in [6.45, 7) is 9.69. The Hall–Kier alpha value is -0.810. The van der Waals surface area contributed by atoms with Gasteiger partial charge >= 0.3 is 6.09 Å². The summed E-state index contributed by atoms with van der Waals surface area (Å²) in [5.74, 6) is 0. The van der Waals surface area contributed by atoms with Crippen LogP contribution in [0.5, 0.6) is 0 Å². The second kappa shape index (κ2) is 6.97. The van der Waals surface area contributed by atoms with Gasteiger partial charge in [0.25, 0.3) is 0 Å². The van der Waals surface area contributed by atoms with Crippen molar-refractivity contribution in [1.29, 1.82) is 0 Å². The van der Waals surface area contributed by atoms with Crippen LogP contribution in [0.25, 0.3) is 0 Å². The van der Waals surface area contributed by atoms with Crippen LogP contribution in [0.1, 0.15) is 46.5 Å². The van der Waals surface area contributed by atoms with E-state index in [1.54, 1.807) is 0 Å². The van der Waals surface area contributed by atoms with Crippen molar-refractivity contribution in [3.63, 3.8) is 0 Å². The van der Waals surface area contributed by atoms with Gasteiger partial charge in [-0.15, -0.1) is 0 Å². The number of carbonyl (C=O) groups excluding carboxylic acids is 1. The maximum atomic E-state index is 12.2. The molecule has 0 aromatic carbocycles. The first-order valence-corrected chi connectivity index (χ1v) is 8.26. The number of likely N-dealkylation sites (tertiary alicyclic amines) is 2. The van der Waals surface area contributed by atoms with Crippen LogP contribution in [-0.2, 0) is 4.74 Å². The molecule has 0 bridgehead atoms. The summed E-state index contributed by atoms with van der Waals surface area (Å²) in [4.78, 5) is 16.4. The zero-order valence-corrected chi connectivity index (χ0v) is 14.0. The highest BCUT2D eigenvalue weighted by molar-refractivity contribution is 5.68. The topological polar surface area (TPSA) is 44.8 Å². The van der Waals surface area contributed by atoms with Gasteiger partial charge in [0, 0.05) is 25.2 Å². The number of nitrogens with zero attached hydrogens (tertiary/aromatic N) is 2. The maximum Gasteiger partial charge on any atom is 0.410 e. The molecule has 5 heteroatoms. The van der Waals surface area contributed by atoms with Crippen LogP contribution in [0.4, 0.5) is 4.79 Å². The summed E-state index contributed by atoms with van der Waals surface area (Å²) in [6.07, 6.45) is 4.46. The van der Waals surface area contributed by atoms with Crippen LogP contribution in [0, 0.1) is 0 Å². The Morgan fingerprint density at radius 2 is 1.76 bits per heavy atom. The first-order chi connectivity index (χ1) is 9.83. The predicted molar refractivity (Wildman–Crippen MR) is 84.5 cm³/mol. The summed E-state index contributed by atoms with van der Waals surface area (Å²) in [6, 6.07) is 1.02. The van der Waals surface area contributed by atoms with E-state index < -0.39 is 5.60 Å². The molecule has 0 spiro atoms. The largest absolute Gasteiger partial charge is 0.444 e. The first-order valence-electron chi connectivity index (χ1n) is 8.26. The number of hydrogen-bond acceptors (Lipinski definition) is 4. The van der Waals surface area contributed by atoms with E-state index in [1.165, 1.54) is 25.9 Å². The average Bonchev–Trinajstić information content (AvgIpc) is 2.40. The summed E-state index contributed by atoms with van der Waals surface area (Å²) in [5.41, 5.74) is -0.411. The highest BCUT2D eigenvalue weighted by atomic mass is 16.6. The minimum Gasteiger partial charge on any atom is -0.444 e. The fourth-order valence-electron chi connectivity index (χ4n) is 3.11. The van der Waals surface area contributed by atoms with Crippen LogP contribution in [0.2, 0.25) is 0 Å². The third kappa shape index (κ3) is 5.47. The molecule has 5 nitrogen and oxygen atoms in total. The Kier molecular flexibility index (Phi) is 5.49. The molecule has 1 amide bonds. The fourth-order valence-corrected chi connectivity index (χ4v) is 3.11. The number of hydrogen-bond donors (Lipinski definition) is 1. The van der Waals surface area contributed by atoms with E-state index >= 15 is 0 Å². The maximum absolute atomic E-state index is 12.2. The molecule has 0 aliphatic carbocycles. The predicted octanol–water partition coefficient (Wildman–Crippen LogP) is 2.07. The number of piperidine rings is 2. The second-order valence-corrected chi connectivity index (χ2v) is 7.51. The van der Waals surface area contributed by atoms with Gasteiger partial charge in [-0.2, -0.15) is 0 Å². The van der Waals surface area contributed by atoms with Crippen molar-refractivity contribution in [1.82, 2.24) is 15.1 Å². The number of nitrogens with one attached hydrogen (secondary N) is 1. The zero-order chi connectivity index (χ0) is 15.5. The second-order valence-electron chi connectivity index (χ2n) is 7.51. The van der Waals surface area contributed by atoms with Gasteiger partial charge in [0.05, 0.1) is 0 Å². The average molecular weight is 297 g/mol. The van der Waals surface area contributed by atoms with E-state index in [4.69, 9.17) is 4.74 Å². The van der Waals surface area contributed by atoms with E-state index in [-0.39, 0.29) is 6.09 Å². The van der Waals surface area contributed by atoms with E-state index in [9.17, 15) is 4.79 Å². The standard InChI is InChI=1S/C16H31N3O2/c1-16(2,3)21-15(20)19-9-5-6-14(12-19)17-13-7-10-18(4)11-8-13/h13-14,17H,5-12H2,1-4H3/t14-/m0/s1. The van der Waals surface area contributed by atoms with Crippen LogP contribution in [0.15, 0.2) is 0 Å². The molecule has 1 N–H and O–H groups in total. The van der Waals surface area contributed by atoms with Crippen molar-refractivity contribution in [2.45, 2.75) is 64.1 Å². The van der Waals surface area contributed by atoms with Crippen molar-refractivity contribution in [3.05, 3.63) is 0 Å². The van der Waals surface area contributed by atoms with Crippen molar-refractivity contribution in [2.24, 2.45) is 0 Å². The van der Waals surface area contributed by atoms with Gasteiger partial charge in [0.1, 0.15) is 5.60 Å². The Balaban J connectivity index is 1.79. The molecule has 0 unspecified atom stereocenters. The molecule has 0 radical (unpaired) electrons. The molecule has 0 saturated carbocycles. The molecule has 2 saturated heterocycles. The van der Waals surface area contributed by atoms with Gasteiger partial charge in [0.2, 0.25) is 0 Å². The molecule has 2 aliphatic heterocycles. The van der Waals surface area contributed by atoms with Crippen LogP contribution in [-0.4, -0.2) is 66.8 Å². The normalized spacial score (nSPS) is 25.9. The van der Waals surface area contributed by atoms with Crippen molar-refractivity contribution in [2.75, 3.05) is 33.2 Å². The summed E-state index contributed by atoms with van der Waals surface area (Å²) in [5, 5.41) is 3.75. The van der Waals surface area contributed by atoms with E-state index in [1.807, 2.05) is 25.7 Å². The Morgan fingerprint density at radius 3 is 2.38 bits per heavy atom. The Bertz CT molecular complexity index is 346. The van der Waals surface area contributed by atoms with Crippen LogP contribution < -0.4 is 5.32 Å². The molecular formula is C16H31N3O2. The lowest BCUT2D eigenvalue weighted by Crippen LogP contribution is -2.53. The van der Waals surface area contributed by atoms with Crippen LogP contribution in [0.3, 0.4) is 0 Å². The Labute approximate surface area is 129 Å². The smallest absolute Gasteiger partial charge is 0.410 e. The zero-order valence-electron chi connectivity index (χ0n) is 14.0. The lowest BCUT2D eigenvalue weighted by atomic mass is 10.0. The minimum absolute atomic E-state index is 0.169. The minimum atomic E-state index is -0.411. The van der Waals surface area contributed by atoms with Crippen LogP contribution >= 0.6 is 0 Å². The lowest BCUT2D eigenvalue weighted by molar-refractivity contribution is 0.0179. The summed E-state index contributed by atoms with van der Waals surface area (Å²) >= 11 is 0. The van der Waals surface area contributed by atoms with Gasteiger partial charge in [-0.25, -0.2) is 4.79 Å². The van der Waals surface area contributed by atoms with Gasteiger partial charge < -0.3 is 19.9 Å². The van der Waals surface area contributed by atoms with Gasteiger partial charge in [-0.05, 0) is 66.6 Å². The molecule has 2 heterocycles. The van der Waals surface area contributed by atoms with Crippen molar-refractivity contribution >= 4 is 6.09 Å². The van der Waals surface area contributed by atoms with Gasteiger partial charge in [-0.1, -0.05) is 0 Å². The molecular weight excluding hydrogens is 266 g/mol. The third-order valence-electron chi connectivity index (χ3n) is 4.26. The SMILES string of the molecule is CN1CCC(N[C@H]2CCCN(C(=O)OC(C)(C)C)C2)CC1. The summed E-state index contributed by atoms with van der Waals surface area (Å²) in [7, 11) is 2.18. The van der Waals surface area contributed by atoms with Crippen molar-refractivity contribution < 1.29 is 9.53 Å². The number of carbonyl (C=O) groups is 1. The molecule has 1 atom stereocenters. The quantitative estimate of drug-likeness (QED) is 0.847. The third-order valence-corrected chi connectivity index (χ3v) is 4.26. The molecule has 2 rings (SSSR count). The molecule has 2 aliphatic rings. The summed E-state index contributed by atoms with van der Waals surface area (Å²) < 4.78 is 5.48. The highest BCUT2D eigenvalue weighted by Crippen LogP contribution is 2.17. The molecule has 2 fully saturated rings. The monoisotopic (exact) mass is 297 g/mol. The van der Waals surface area contributed by atoms with Gasteiger partial charge in [0.15, 0.2) is 0 Å². The molecule has 0 aromatic heterocycles. The number of rotatable bonds is 2. The number of amides is 1. The van der Waals surface area contributed by atoms with E-state index in [0.29, 0.717) is 12.1 Å². The fraction of sp³-hybridized carbons (Fsp3) is 0.938. The first kappa shape index (κ1) is 16.6. The Morgan fingerprint density at radius 1 is 1.10 bits per heavy atom. The number of ether oxygens (including phenoxy) is 1. The van der Waals surface area contributed by atoms with E-state index in [2.05, 4.69) is 17.3 Å². The molecule has 0 aromatic rings. The molecule has 122 valence electrons. The molecule has 21 heavy (non-hydrogen) atoms. The highest BCUT2D eigenvalue weighted by Gasteiger charge is 2.29.